The molecule has 0 unspecified atom stereocenters. The number of alkyl halides is 2. The summed E-state index contributed by atoms with van der Waals surface area (Å²) in [4.78, 5) is 32.7. The van der Waals surface area contributed by atoms with Gasteiger partial charge in [0.25, 0.3) is 17.7 Å². The zero-order valence-electron chi connectivity index (χ0n) is 19.9. The Kier molecular flexibility index (Phi) is 6.27. The van der Waals surface area contributed by atoms with E-state index in [1.807, 2.05) is 23.1 Å². The van der Waals surface area contributed by atoms with E-state index in [1.54, 1.807) is 11.0 Å². The number of H-pyrrole nitrogens is 1. The molecule has 190 valence electrons. The third-order valence-electron chi connectivity index (χ3n) is 7.72. The van der Waals surface area contributed by atoms with Crippen LogP contribution < -0.4 is 0 Å². The molecule has 0 atom stereocenters. The van der Waals surface area contributed by atoms with E-state index in [0.29, 0.717) is 43.8 Å². The fraction of sp³-hybridized carbons (Fsp3) is 0.407. The molecule has 1 spiro atoms. The number of aromatic amines is 1. The number of halogens is 4. The van der Waals surface area contributed by atoms with Crippen molar-refractivity contribution in [2.24, 2.45) is 5.41 Å². The van der Waals surface area contributed by atoms with Crippen LogP contribution in [0.2, 0.25) is 5.02 Å². The molecule has 1 aromatic heterocycles. The summed E-state index contributed by atoms with van der Waals surface area (Å²) in [6.45, 7) is 2.94. The lowest BCUT2D eigenvalue weighted by molar-refractivity contribution is 0.0135. The molecular weight excluding hydrogens is 491 g/mol. The molecule has 1 N–H and O–H groups in total. The van der Waals surface area contributed by atoms with E-state index in [4.69, 9.17) is 11.6 Å². The third kappa shape index (κ3) is 4.71. The first-order valence-electron chi connectivity index (χ1n) is 12.1. The molecule has 2 fully saturated rings. The van der Waals surface area contributed by atoms with Gasteiger partial charge in [-0.3, -0.25) is 9.59 Å². The summed E-state index contributed by atoms with van der Waals surface area (Å²) in [5.74, 6) is -4.76. The van der Waals surface area contributed by atoms with E-state index in [0.717, 1.165) is 48.7 Å². The van der Waals surface area contributed by atoms with Gasteiger partial charge in [-0.1, -0.05) is 11.6 Å². The Morgan fingerprint density at radius 1 is 0.917 bits per heavy atom. The maximum atomic E-state index is 14.2. The van der Waals surface area contributed by atoms with E-state index in [2.05, 4.69) is 4.98 Å². The van der Waals surface area contributed by atoms with Crippen molar-refractivity contribution in [3.8, 4) is 0 Å². The number of carbonyl (C=O) groups is 2. The van der Waals surface area contributed by atoms with Crippen LogP contribution in [0.4, 0.5) is 13.2 Å². The molecule has 3 aromatic rings. The molecule has 2 amide bonds. The van der Waals surface area contributed by atoms with Gasteiger partial charge in [-0.05, 0) is 73.6 Å². The fourth-order valence-corrected chi connectivity index (χ4v) is 5.62. The highest BCUT2D eigenvalue weighted by atomic mass is 35.5. The van der Waals surface area contributed by atoms with Crippen molar-refractivity contribution in [3.63, 3.8) is 0 Å². The summed E-state index contributed by atoms with van der Waals surface area (Å²) in [7, 11) is 0. The summed E-state index contributed by atoms with van der Waals surface area (Å²) in [6.07, 6.45) is 3.28. The Morgan fingerprint density at radius 2 is 1.53 bits per heavy atom. The van der Waals surface area contributed by atoms with Gasteiger partial charge in [-0.2, -0.15) is 0 Å². The first-order chi connectivity index (χ1) is 17.0. The smallest absolute Gasteiger partial charge is 0.273 e. The van der Waals surface area contributed by atoms with Gasteiger partial charge in [-0.15, -0.1) is 0 Å². The number of amides is 2. The topological polar surface area (TPSA) is 56.4 Å². The van der Waals surface area contributed by atoms with Gasteiger partial charge < -0.3 is 14.8 Å². The molecule has 36 heavy (non-hydrogen) atoms. The lowest BCUT2D eigenvalue weighted by atomic mass is 9.71. The normalized spacial score (nSPS) is 18.1. The van der Waals surface area contributed by atoms with Gasteiger partial charge in [0.15, 0.2) is 0 Å². The maximum Gasteiger partial charge on any atom is 0.273 e. The predicted octanol–water partition coefficient (Wildman–Crippen LogP) is 6.23. The SMILES string of the molecule is CC(F)(F)c1ccc(C(=O)N2CCC3(CC2)CCN(C(=O)c2cc4cc(Cl)ccc4[nH]2)CC3)cc1F. The summed E-state index contributed by atoms with van der Waals surface area (Å²) < 4.78 is 41.1. The number of nitrogens with one attached hydrogen (secondary N) is 1. The highest BCUT2D eigenvalue weighted by Crippen LogP contribution is 2.42. The monoisotopic (exact) mass is 517 g/mol. The Labute approximate surface area is 212 Å². The lowest BCUT2D eigenvalue weighted by Crippen LogP contribution is -2.49. The van der Waals surface area contributed by atoms with E-state index in [9.17, 15) is 22.8 Å². The lowest BCUT2D eigenvalue weighted by Gasteiger charge is -2.46. The van der Waals surface area contributed by atoms with Crippen LogP contribution in [0, 0.1) is 11.2 Å². The van der Waals surface area contributed by atoms with Crippen LogP contribution in [0.3, 0.4) is 0 Å². The first kappa shape index (κ1) is 24.7. The van der Waals surface area contributed by atoms with Crippen molar-refractivity contribution >= 4 is 34.3 Å². The standard InChI is InChI=1S/C27H27ClF3N3O2/c1-26(30,31)20-4-2-17(15-21(20)29)24(35)33-10-6-27(7-11-33)8-12-34(13-9-27)25(36)23-16-18-14-19(28)3-5-22(18)32-23/h2-5,14-16,32H,6-13H2,1H3. The van der Waals surface area contributed by atoms with Crippen LogP contribution in [0.1, 0.15) is 59.0 Å². The van der Waals surface area contributed by atoms with Gasteiger partial charge in [0.1, 0.15) is 11.5 Å². The number of nitrogens with zero attached hydrogens (tertiary/aromatic N) is 2. The summed E-state index contributed by atoms with van der Waals surface area (Å²) >= 11 is 6.06. The molecule has 2 aliphatic heterocycles. The number of aromatic nitrogens is 1. The Hall–Kier alpha value is -3.00. The van der Waals surface area contributed by atoms with Gasteiger partial charge in [-0.25, -0.2) is 13.2 Å². The van der Waals surface area contributed by atoms with Crippen LogP contribution >= 0.6 is 11.6 Å². The summed E-state index contributed by atoms with van der Waals surface area (Å²) in [6, 6.07) is 10.5. The molecule has 0 saturated carbocycles. The van der Waals surface area contributed by atoms with Gasteiger partial charge in [0, 0.05) is 54.6 Å². The zero-order valence-corrected chi connectivity index (χ0v) is 20.7. The molecule has 3 heterocycles. The van der Waals surface area contributed by atoms with Crippen LogP contribution in [-0.4, -0.2) is 52.8 Å². The van der Waals surface area contributed by atoms with Crippen molar-refractivity contribution in [1.82, 2.24) is 14.8 Å². The molecule has 5 rings (SSSR count). The van der Waals surface area contributed by atoms with Gasteiger partial charge in [0.2, 0.25) is 0 Å². The summed E-state index contributed by atoms with van der Waals surface area (Å²) in [5.41, 5.74) is 0.834. The van der Waals surface area contributed by atoms with Crippen LogP contribution in [0.5, 0.6) is 0 Å². The molecule has 0 aliphatic carbocycles. The quantitative estimate of drug-likeness (QED) is 0.447. The molecule has 9 heteroatoms. The number of piperidine rings is 2. The third-order valence-corrected chi connectivity index (χ3v) is 7.96. The van der Waals surface area contributed by atoms with E-state index < -0.39 is 17.3 Å². The van der Waals surface area contributed by atoms with Crippen molar-refractivity contribution in [3.05, 3.63) is 70.1 Å². The Morgan fingerprint density at radius 3 is 2.11 bits per heavy atom. The number of hydrogen-bond acceptors (Lipinski definition) is 2. The number of benzene rings is 2. The second kappa shape index (κ2) is 9.14. The molecular formula is C27H27ClF3N3O2. The van der Waals surface area contributed by atoms with Crippen molar-refractivity contribution in [2.45, 2.75) is 38.5 Å². The molecule has 0 bridgehead atoms. The Balaban J connectivity index is 1.18. The average molecular weight is 518 g/mol. The fourth-order valence-electron chi connectivity index (χ4n) is 5.44. The van der Waals surface area contributed by atoms with Crippen LogP contribution in [0.25, 0.3) is 10.9 Å². The highest BCUT2D eigenvalue weighted by Gasteiger charge is 2.40. The first-order valence-corrected chi connectivity index (χ1v) is 12.5. The number of likely N-dealkylation sites (tertiary alicyclic amines) is 2. The highest BCUT2D eigenvalue weighted by molar-refractivity contribution is 6.31. The average Bonchev–Trinajstić information content (AvgIpc) is 3.26. The van der Waals surface area contributed by atoms with E-state index in [1.165, 1.54) is 6.07 Å². The zero-order chi connectivity index (χ0) is 25.7. The number of rotatable bonds is 3. The number of hydrogen-bond donors (Lipinski definition) is 1. The molecule has 0 radical (unpaired) electrons. The minimum absolute atomic E-state index is 0.0343. The van der Waals surface area contributed by atoms with Crippen molar-refractivity contribution < 1.29 is 22.8 Å². The van der Waals surface area contributed by atoms with E-state index >= 15 is 0 Å². The molecule has 2 saturated heterocycles. The summed E-state index contributed by atoms with van der Waals surface area (Å²) in [5, 5.41) is 1.52. The molecule has 5 nitrogen and oxygen atoms in total. The Bertz CT molecular complexity index is 1320. The van der Waals surface area contributed by atoms with Crippen LogP contribution in [-0.2, 0) is 5.92 Å². The second-order valence-corrected chi connectivity index (χ2v) is 10.5. The van der Waals surface area contributed by atoms with Crippen molar-refractivity contribution in [2.75, 3.05) is 26.2 Å². The maximum absolute atomic E-state index is 14.2. The largest absolute Gasteiger partial charge is 0.351 e. The predicted molar refractivity (Wildman–Crippen MR) is 132 cm³/mol. The van der Waals surface area contributed by atoms with Crippen LogP contribution in [0.15, 0.2) is 42.5 Å². The molecule has 2 aromatic carbocycles. The molecule has 2 aliphatic rings. The minimum atomic E-state index is -3.30. The number of fused-ring (bicyclic) bond motifs is 1. The van der Waals surface area contributed by atoms with Gasteiger partial charge in [0.05, 0.1) is 5.56 Å². The number of carbonyl (C=O) groups excluding carboxylic acids is 2. The van der Waals surface area contributed by atoms with Gasteiger partial charge >= 0.3 is 0 Å². The van der Waals surface area contributed by atoms with Crippen molar-refractivity contribution in [1.29, 1.82) is 0 Å². The van der Waals surface area contributed by atoms with E-state index in [-0.39, 0.29) is 22.8 Å². The minimum Gasteiger partial charge on any atom is -0.351 e. The second-order valence-electron chi connectivity index (χ2n) is 10.1.